The summed E-state index contributed by atoms with van der Waals surface area (Å²) in [5, 5.41) is 0.743. The molecule has 0 spiro atoms. The highest BCUT2D eigenvalue weighted by molar-refractivity contribution is 7.90. The number of nitrogens with zero attached hydrogens (tertiary/aromatic N) is 6. The average Bonchev–Trinajstić information content (AvgIpc) is 3.51. The number of benzene rings is 1. The number of hydrogen-bond donors (Lipinski definition) is 0. The van der Waals surface area contributed by atoms with Gasteiger partial charge in [0.2, 0.25) is 10.0 Å². The topological polar surface area (TPSA) is 110 Å². The van der Waals surface area contributed by atoms with Crippen LogP contribution in [0.1, 0.15) is 37.5 Å². The van der Waals surface area contributed by atoms with Gasteiger partial charge in [-0.25, -0.2) is 30.8 Å². The molecule has 6 rings (SSSR count). The fraction of sp³-hybridized carbons (Fsp3) is 0.481. The Bertz CT molecular complexity index is 1710. The number of hydrogen-bond acceptors (Lipinski definition) is 7. The Labute approximate surface area is 229 Å². The van der Waals surface area contributed by atoms with E-state index in [1.54, 1.807) is 53.1 Å². The lowest BCUT2D eigenvalue weighted by molar-refractivity contribution is 0.220. The highest BCUT2D eigenvalue weighted by Crippen LogP contribution is 2.38. The molecule has 0 atom stereocenters. The maximum atomic E-state index is 13.4. The fourth-order valence-corrected chi connectivity index (χ4v) is 9.33. The molecule has 12 heteroatoms. The molecule has 1 saturated heterocycles. The zero-order chi connectivity index (χ0) is 27.4. The van der Waals surface area contributed by atoms with Crippen LogP contribution in [-0.2, 0) is 20.0 Å². The minimum Gasteiger partial charge on any atom is -0.324 e. The molecular weight excluding hydrogens is 536 g/mol. The van der Waals surface area contributed by atoms with Crippen LogP contribution >= 0.6 is 0 Å². The molecule has 0 radical (unpaired) electrons. The lowest BCUT2D eigenvalue weighted by atomic mass is 9.87. The Kier molecular flexibility index (Phi) is 6.77. The van der Waals surface area contributed by atoms with Crippen molar-refractivity contribution >= 4 is 42.1 Å². The second-order valence-electron chi connectivity index (χ2n) is 10.8. The predicted octanol–water partition coefficient (Wildman–Crippen LogP) is 3.24. The van der Waals surface area contributed by atoms with Gasteiger partial charge in [-0.3, -0.25) is 0 Å². The quantitative estimate of drug-likeness (QED) is 0.350. The molecular formula is C27H34N6O4S2. The molecule has 0 bridgehead atoms. The number of rotatable bonds is 6. The van der Waals surface area contributed by atoms with Gasteiger partial charge in [-0.05, 0) is 63.8 Å². The van der Waals surface area contributed by atoms with E-state index in [-0.39, 0.29) is 22.6 Å². The number of fused-ring (bicyclic) bond motifs is 3. The minimum atomic E-state index is -3.80. The molecule has 208 valence electrons. The van der Waals surface area contributed by atoms with Crippen LogP contribution in [0.3, 0.4) is 0 Å². The molecule has 39 heavy (non-hydrogen) atoms. The summed E-state index contributed by atoms with van der Waals surface area (Å²) in [4.78, 5) is 11.6. The Morgan fingerprint density at radius 2 is 1.62 bits per heavy atom. The monoisotopic (exact) mass is 570 g/mol. The molecule has 0 amide bonds. The smallest absolute Gasteiger partial charge is 0.269 e. The van der Waals surface area contributed by atoms with E-state index in [1.807, 2.05) is 14.0 Å². The number of pyridine rings is 1. The first kappa shape index (κ1) is 26.4. The van der Waals surface area contributed by atoms with Gasteiger partial charge >= 0.3 is 0 Å². The van der Waals surface area contributed by atoms with Crippen molar-refractivity contribution in [2.45, 2.75) is 43.5 Å². The number of aryl methyl sites for hydroxylation is 1. The van der Waals surface area contributed by atoms with Crippen LogP contribution in [0.25, 0.3) is 22.1 Å². The summed E-state index contributed by atoms with van der Waals surface area (Å²) < 4.78 is 58.0. The number of aromatic nitrogens is 4. The van der Waals surface area contributed by atoms with Gasteiger partial charge in [-0.15, -0.1) is 0 Å². The minimum absolute atomic E-state index is 0.139. The summed E-state index contributed by atoms with van der Waals surface area (Å²) in [6.45, 7) is 4.65. The first-order valence-corrected chi connectivity index (χ1v) is 16.5. The first-order valence-electron chi connectivity index (χ1n) is 13.5. The second-order valence-corrected chi connectivity index (χ2v) is 14.7. The summed E-state index contributed by atoms with van der Waals surface area (Å²) in [5.74, 6) is 1.20. The predicted molar refractivity (Wildman–Crippen MR) is 151 cm³/mol. The van der Waals surface area contributed by atoms with Gasteiger partial charge in [0.05, 0.1) is 22.4 Å². The molecule has 1 saturated carbocycles. The van der Waals surface area contributed by atoms with Crippen molar-refractivity contribution in [3.05, 3.63) is 54.6 Å². The van der Waals surface area contributed by atoms with Crippen LogP contribution in [0, 0.1) is 12.8 Å². The van der Waals surface area contributed by atoms with E-state index in [0.29, 0.717) is 18.7 Å². The molecule has 1 aromatic carbocycles. The summed E-state index contributed by atoms with van der Waals surface area (Å²) in [6, 6.07) is 10.3. The van der Waals surface area contributed by atoms with Crippen LogP contribution in [0.15, 0.2) is 53.7 Å². The Morgan fingerprint density at radius 3 is 2.31 bits per heavy atom. The van der Waals surface area contributed by atoms with Crippen molar-refractivity contribution < 1.29 is 16.8 Å². The lowest BCUT2D eigenvalue weighted by Crippen LogP contribution is -2.48. The van der Waals surface area contributed by atoms with Crippen LogP contribution < -0.4 is 0 Å². The molecule has 4 heterocycles. The van der Waals surface area contributed by atoms with Crippen molar-refractivity contribution in [1.29, 1.82) is 0 Å². The van der Waals surface area contributed by atoms with Gasteiger partial charge in [0.15, 0.2) is 5.65 Å². The van der Waals surface area contributed by atoms with Crippen LogP contribution in [0.5, 0.6) is 0 Å². The van der Waals surface area contributed by atoms with E-state index < -0.39 is 20.0 Å². The molecule has 2 fully saturated rings. The van der Waals surface area contributed by atoms with Crippen molar-refractivity contribution in [3.63, 3.8) is 0 Å². The standard InChI is InChI=1S/C27H34N6O4S2/c1-20-29-25-18-28-27-24(12-13-32(27)39(36,37)23-6-4-3-5-7-23)26(25)33(20)22-10-8-21(9-11-22)19-38(34,35)31-16-14-30(2)15-17-31/h3-7,12-13,18,21-22H,8-11,14-17,19H2,1-2H3. The third-order valence-electron chi connectivity index (χ3n) is 8.29. The highest BCUT2D eigenvalue weighted by Gasteiger charge is 2.32. The van der Waals surface area contributed by atoms with Gasteiger partial charge in [0.25, 0.3) is 10.0 Å². The summed E-state index contributed by atoms with van der Waals surface area (Å²) in [5.41, 5.74) is 1.99. The fourth-order valence-electron chi connectivity index (χ4n) is 6.15. The summed E-state index contributed by atoms with van der Waals surface area (Å²) in [7, 11) is -5.04. The van der Waals surface area contributed by atoms with Gasteiger partial charge < -0.3 is 9.47 Å². The Balaban J connectivity index is 1.26. The number of likely N-dealkylation sites (N-methyl/N-ethyl adjacent to an activating group) is 1. The van der Waals surface area contributed by atoms with E-state index in [4.69, 9.17) is 4.98 Å². The molecule has 0 N–H and O–H groups in total. The maximum absolute atomic E-state index is 13.4. The first-order chi connectivity index (χ1) is 18.6. The highest BCUT2D eigenvalue weighted by atomic mass is 32.2. The zero-order valence-electron chi connectivity index (χ0n) is 22.3. The van der Waals surface area contributed by atoms with Crippen molar-refractivity contribution in [3.8, 4) is 0 Å². The summed E-state index contributed by atoms with van der Waals surface area (Å²) >= 11 is 0. The van der Waals surface area contributed by atoms with E-state index in [9.17, 15) is 16.8 Å². The third kappa shape index (κ3) is 4.77. The SMILES string of the molecule is Cc1nc2cnc3c(ccn3S(=O)(=O)c3ccccc3)c2n1C1CCC(CS(=O)(=O)N2CCN(C)CC2)CC1. The third-order valence-corrected chi connectivity index (χ3v) is 12.0. The van der Waals surface area contributed by atoms with Crippen LogP contribution in [0.2, 0.25) is 0 Å². The van der Waals surface area contributed by atoms with Gasteiger partial charge in [-0.1, -0.05) is 18.2 Å². The van der Waals surface area contributed by atoms with E-state index in [0.717, 1.165) is 61.0 Å². The van der Waals surface area contributed by atoms with Gasteiger partial charge in [0, 0.05) is 43.8 Å². The van der Waals surface area contributed by atoms with Crippen molar-refractivity contribution in [1.82, 2.24) is 27.7 Å². The zero-order valence-corrected chi connectivity index (χ0v) is 23.9. The number of imidazole rings is 1. The van der Waals surface area contributed by atoms with E-state index in [1.165, 1.54) is 3.97 Å². The molecule has 3 aromatic heterocycles. The normalized spacial score (nSPS) is 22.1. The lowest BCUT2D eigenvalue weighted by Gasteiger charge is -2.34. The molecule has 2 aliphatic rings. The number of sulfonamides is 1. The average molecular weight is 571 g/mol. The van der Waals surface area contributed by atoms with E-state index in [2.05, 4.69) is 14.5 Å². The molecule has 4 aromatic rings. The largest absolute Gasteiger partial charge is 0.324 e. The molecule has 10 nitrogen and oxygen atoms in total. The molecule has 1 aliphatic carbocycles. The Morgan fingerprint density at radius 1 is 0.923 bits per heavy atom. The maximum Gasteiger partial charge on any atom is 0.269 e. The van der Waals surface area contributed by atoms with Crippen LogP contribution in [0.4, 0.5) is 0 Å². The van der Waals surface area contributed by atoms with Crippen LogP contribution in [-0.4, -0.2) is 83.5 Å². The van der Waals surface area contributed by atoms with Crippen molar-refractivity contribution in [2.24, 2.45) is 5.92 Å². The molecule has 1 aliphatic heterocycles. The molecule has 0 unspecified atom stereocenters. The van der Waals surface area contributed by atoms with Gasteiger partial charge in [-0.2, -0.15) is 4.31 Å². The van der Waals surface area contributed by atoms with E-state index >= 15 is 0 Å². The number of piperazine rings is 1. The van der Waals surface area contributed by atoms with Crippen molar-refractivity contribution in [2.75, 3.05) is 39.0 Å². The Hall–Kier alpha value is -2.80. The second kappa shape index (κ2) is 9.99. The summed E-state index contributed by atoms with van der Waals surface area (Å²) in [6.07, 6.45) is 6.56. The van der Waals surface area contributed by atoms with Gasteiger partial charge in [0.1, 0.15) is 11.3 Å².